The van der Waals surface area contributed by atoms with Crippen LogP contribution < -0.4 is 10.6 Å². The molecule has 0 aliphatic heterocycles. The van der Waals surface area contributed by atoms with Gasteiger partial charge in [0.25, 0.3) is 0 Å². The van der Waals surface area contributed by atoms with E-state index in [0.29, 0.717) is 5.92 Å². The molecule has 2 aromatic heterocycles. The second-order valence-corrected chi connectivity index (χ2v) is 6.98. The Kier molecular flexibility index (Phi) is 4.60. The molecule has 21 heavy (non-hydrogen) atoms. The third kappa shape index (κ3) is 4.08. The Balaban J connectivity index is 1.63. The molecule has 3 rings (SSSR count). The highest BCUT2D eigenvalue weighted by Gasteiger charge is 2.27. The summed E-state index contributed by atoms with van der Waals surface area (Å²) in [5, 5.41) is 6.67. The number of halogens is 1. The lowest BCUT2D eigenvalue weighted by Gasteiger charge is -2.10. The van der Waals surface area contributed by atoms with Gasteiger partial charge in [-0.15, -0.1) is 11.3 Å². The number of nitrogens with one attached hydrogen (secondary N) is 2. The first kappa shape index (κ1) is 14.6. The maximum atomic E-state index is 5.94. The average Bonchev–Trinajstić information content (AvgIpc) is 3.23. The Morgan fingerprint density at radius 3 is 2.62 bits per heavy atom. The van der Waals surface area contributed by atoms with Crippen LogP contribution >= 0.6 is 22.9 Å². The molecule has 1 fully saturated rings. The Morgan fingerprint density at radius 1 is 1.24 bits per heavy atom. The minimum atomic E-state index is 0.556. The van der Waals surface area contributed by atoms with Gasteiger partial charge in [0.2, 0.25) is 0 Å². The summed E-state index contributed by atoms with van der Waals surface area (Å²) >= 11 is 7.58. The van der Waals surface area contributed by atoms with Crippen LogP contribution in [0.25, 0.3) is 0 Å². The number of aromatic nitrogens is 2. The molecule has 1 saturated carbocycles. The molecule has 1 aliphatic rings. The lowest BCUT2D eigenvalue weighted by molar-refractivity contribution is 0.914. The first-order valence-electron chi connectivity index (χ1n) is 7.35. The van der Waals surface area contributed by atoms with Crippen molar-refractivity contribution in [2.75, 3.05) is 23.7 Å². The van der Waals surface area contributed by atoms with Crippen LogP contribution in [0.5, 0.6) is 0 Å². The summed E-state index contributed by atoms with van der Waals surface area (Å²) in [6, 6.07) is 6.01. The highest BCUT2D eigenvalue weighted by molar-refractivity contribution is 7.16. The molecule has 112 valence electrons. The predicted octanol–water partition coefficient (Wildman–Crippen LogP) is 4.16. The van der Waals surface area contributed by atoms with Crippen molar-refractivity contribution >= 4 is 34.6 Å². The van der Waals surface area contributed by atoms with Gasteiger partial charge < -0.3 is 10.6 Å². The van der Waals surface area contributed by atoms with E-state index in [2.05, 4.69) is 33.6 Å². The Bertz CT molecular complexity index is 609. The van der Waals surface area contributed by atoms with E-state index in [1.807, 2.05) is 12.1 Å². The Morgan fingerprint density at radius 2 is 2.00 bits per heavy atom. The monoisotopic (exact) mass is 322 g/mol. The summed E-state index contributed by atoms with van der Waals surface area (Å²) in [6.45, 7) is 3.80. The number of anilines is 2. The van der Waals surface area contributed by atoms with E-state index >= 15 is 0 Å². The van der Waals surface area contributed by atoms with Crippen molar-refractivity contribution in [2.45, 2.75) is 32.1 Å². The van der Waals surface area contributed by atoms with E-state index in [0.717, 1.165) is 41.3 Å². The molecule has 0 amide bonds. The van der Waals surface area contributed by atoms with Gasteiger partial charge in [-0.1, -0.05) is 11.6 Å². The third-order valence-corrected chi connectivity index (χ3v) is 4.64. The molecule has 2 aromatic rings. The van der Waals surface area contributed by atoms with Crippen LogP contribution in [-0.4, -0.2) is 23.1 Å². The molecule has 2 heterocycles. The van der Waals surface area contributed by atoms with Crippen LogP contribution in [0.1, 0.15) is 36.4 Å². The number of thiophene rings is 1. The second kappa shape index (κ2) is 6.62. The number of rotatable bonds is 7. The van der Waals surface area contributed by atoms with Gasteiger partial charge in [0, 0.05) is 30.0 Å². The zero-order valence-corrected chi connectivity index (χ0v) is 13.6. The topological polar surface area (TPSA) is 49.8 Å². The Hall–Kier alpha value is -1.33. The van der Waals surface area contributed by atoms with Crippen molar-refractivity contribution in [2.24, 2.45) is 0 Å². The van der Waals surface area contributed by atoms with Gasteiger partial charge in [0.1, 0.15) is 17.5 Å². The zero-order valence-electron chi connectivity index (χ0n) is 12.0. The summed E-state index contributed by atoms with van der Waals surface area (Å²) in [6.07, 6.45) is 3.38. The first-order chi connectivity index (χ1) is 10.2. The fourth-order valence-electron chi connectivity index (χ4n) is 2.15. The van der Waals surface area contributed by atoms with Crippen LogP contribution in [-0.2, 0) is 6.42 Å². The molecule has 0 aromatic carbocycles. The molecular weight excluding hydrogens is 304 g/mol. The van der Waals surface area contributed by atoms with E-state index in [9.17, 15) is 0 Å². The van der Waals surface area contributed by atoms with E-state index < -0.39 is 0 Å². The predicted molar refractivity (Wildman–Crippen MR) is 89.7 cm³/mol. The quantitative estimate of drug-likeness (QED) is 0.803. The smallest absolute Gasteiger partial charge is 0.136 e. The molecule has 0 unspecified atom stereocenters. The number of hydrogen-bond acceptors (Lipinski definition) is 5. The van der Waals surface area contributed by atoms with Crippen molar-refractivity contribution in [3.8, 4) is 0 Å². The molecule has 1 aliphatic carbocycles. The van der Waals surface area contributed by atoms with Crippen molar-refractivity contribution in [3.05, 3.63) is 33.2 Å². The molecule has 0 saturated heterocycles. The van der Waals surface area contributed by atoms with Crippen molar-refractivity contribution in [3.63, 3.8) is 0 Å². The zero-order chi connectivity index (χ0) is 14.7. The number of hydrogen-bond donors (Lipinski definition) is 2. The van der Waals surface area contributed by atoms with Gasteiger partial charge in [-0.3, -0.25) is 0 Å². The van der Waals surface area contributed by atoms with Gasteiger partial charge in [-0.05, 0) is 38.3 Å². The van der Waals surface area contributed by atoms with Crippen LogP contribution in [0.4, 0.5) is 11.6 Å². The molecule has 4 nitrogen and oxygen atoms in total. The summed E-state index contributed by atoms with van der Waals surface area (Å²) in [5.41, 5.74) is 0. The second-order valence-electron chi connectivity index (χ2n) is 5.18. The van der Waals surface area contributed by atoms with Crippen molar-refractivity contribution in [1.82, 2.24) is 9.97 Å². The standard InChI is InChI=1S/C15H19ClN4S/c1-2-17-13-9-14(20-15(19-13)10-3-4-10)18-8-7-11-5-6-12(16)21-11/h5-6,9-10H,2-4,7-8H2,1H3,(H2,17,18,19,20). The maximum absolute atomic E-state index is 5.94. The van der Waals surface area contributed by atoms with Crippen LogP contribution in [0.15, 0.2) is 18.2 Å². The average molecular weight is 323 g/mol. The molecular formula is C15H19ClN4S. The lowest BCUT2D eigenvalue weighted by atomic mass is 10.3. The normalized spacial score (nSPS) is 14.2. The maximum Gasteiger partial charge on any atom is 0.136 e. The summed E-state index contributed by atoms with van der Waals surface area (Å²) in [5.74, 6) is 3.34. The van der Waals surface area contributed by atoms with Gasteiger partial charge in [-0.2, -0.15) is 0 Å². The van der Waals surface area contributed by atoms with Gasteiger partial charge in [0.15, 0.2) is 0 Å². The van der Waals surface area contributed by atoms with E-state index in [1.165, 1.54) is 17.7 Å². The van der Waals surface area contributed by atoms with Crippen molar-refractivity contribution in [1.29, 1.82) is 0 Å². The van der Waals surface area contributed by atoms with Crippen LogP contribution in [0.2, 0.25) is 4.34 Å². The molecule has 0 atom stereocenters. The minimum absolute atomic E-state index is 0.556. The van der Waals surface area contributed by atoms with Crippen LogP contribution in [0, 0.1) is 0 Å². The molecule has 0 spiro atoms. The SMILES string of the molecule is CCNc1cc(NCCc2ccc(Cl)s2)nc(C2CC2)n1. The van der Waals surface area contributed by atoms with Gasteiger partial charge in [0.05, 0.1) is 4.34 Å². The van der Waals surface area contributed by atoms with E-state index in [-0.39, 0.29) is 0 Å². The van der Waals surface area contributed by atoms with Crippen molar-refractivity contribution < 1.29 is 0 Å². The fraction of sp³-hybridized carbons (Fsp3) is 0.467. The largest absolute Gasteiger partial charge is 0.370 e. The number of nitrogens with zero attached hydrogens (tertiary/aromatic N) is 2. The minimum Gasteiger partial charge on any atom is -0.370 e. The summed E-state index contributed by atoms with van der Waals surface area (Å²) in [4.78, 5) is 10.5. The van der Waals surface area contributed by atoms with E-state index in [4.69, 9.17) is 11.6 Å². The summed E-state index contributed by atoms with van der Waals surface area (Å²) in [7, 11) is 0. The first-order valence-corrected chi connectivity index (χ1v) is 8.55. The molecule has 2 N–H and O–H groups in total. The summed E-state index contributed by atoms with van der Waals surface area (Å²) < 4.78 is 0.845. The molecule has 0 radical (unpaired) electrons. The third-order valence-electron chi connectivity index (χ3n) is 3.35. The Labute approximate surface area is 134 Å². The highest BCUT2D eigenvalue weighted by Crippen LogP contribution is 2.38. The fourth-order valence-corrected chi connectivity index (χ4v) is 3.24. The van der Waals surface area contributed by atoms with E-state index in [1.54, 1.807) is 11.3 Å². The van der Waals surface area contributed by atoms with Gasteiger partial charge >= 0.3 is 0 Å². The molecule has 0 bridgehead atoms. The highest BCUT2D eigenvalue weighted by atomic mass is 35.5. The molecule has 6 heteroatoms. The van der Waals surface area contributed by atoms with Crippen LogP contribution in [0.3, 0.4) is 0 Å². The lowest BCUT2D eigenvalue weighted by Crippen LogP contribution is -2.09. The van der Waals surface area contributed by atoms with Gasteiger partial charge in [-0.25, -0.2) is 9.97 Å².